The van der Waals surface area contributed by atoms with Crippen molar-refractivity contribution in [1.29, 1.82) is 0 Å². The third-order valence-electron chi connectivity index (χ3n) is 6.30. The first-order valence-corrected chi connectivity index (χ1v) is 13.6. The Bertz CT molecular complexity index is 1620. The van der Waals surface area contributed by atoms with Crippen LogP contribution in [0.15, 0.2) is 84.9 Å². The quantitative estimate of drug-likeness (QED) is 0.0365. The number of carbonyl (C=O) groups is 2. The number of hydrogen-bond acceptors (Lipinski definition) is 11. The maximum absolute atomic E-state index is 12.5. The number of non-ortho nitro benzene ring substituents is 1. The molecule has 0 aliphatic carbocycles. The van der Waals surface area contributed by atoms with E-state index in [0.717, 1.165) is 5.56 Å². The van der Waals surface area contributed by atoms with E-state index < -0.39 is 16.9 Å². The number of carboxylic acids is 1. The minimum atomic E-state index is -1.21. The largest absolute Gasteiger partial charge is 0.493 e. The molecule has 234 valence electrons. The van der Waals surface area contributed by atoms with E-state index in [9.17, 15) is 24.8 Å². The van der Waals surface area contributed by atoms with Crippen LogP contribution in [0.1, 0.15) is 43.8 Å². The van der Waals surface area contributed by atoms with E-state index in [1.54, 1.807) is 61.5 Å². The maximum Gasteiger partial charge on any atom is 0.344 e. The first kappa shape index (κ1) is 32.4. The van der Waals surface area contributed by atoms with Gasteiger partial charge in [-0.2, -0.15) is 4.89 Å². The molecule has 0 unspecified atom stereocenters. The Kier molecular flexibility index (Phi) is 11.4. The van der Waals surface area contributed by atoms with E-state index in [1.807, 2.05) is 0 Å². The molecule has 45 heavy (non-hydrogen) atoms. The molecule has 0 spiro atoms. The molecule has 0 radical (unpaired) electrons. The minimum Gasteiger partial charge on any atom is -0.493 e. The van der Waals surface area contributed by atoms with Gasteiger partial charge in [0.25, 0.3) is 5.69 Å². The Morgan fingerprint density at radius 1 is 0.756 bits per heavy atom. The second-order valence-electron chi connectivity index (χ2n) is 9.57. The van der Waals surface area contributed by atoms with Crippen LogP contribution in [0.3, 0.4) is 0 Å². The van der Waals surface area contributed by atoms with Gasteiger partial charge in [-0.15, -0.1) is 0 Å². The highest BCUT2D eigenvalue weighted by atomic mass is 17.2. The van der Waals surface area contributed by atoms with Gasteiger partial charge in [0.15, 0.2) is 5.75 Å². The Morgan fingerprint density at radius 2 is 1.38 bits per heavy atom. The molecule has 2 N–H and O–H groups in total. The molecule has 0 atom stereocenters. The average Bonchev–Trinajstić information content (AvgIpc) is 3.03. The SMILES string of the molecule is Cc1ccc(C(=O)O)c(C(=O)Oc2ccc(OCCCOc3ccc(OOCc4cc([N+](=O)[O-])ccc4COO)cc3)cc2)c1. The molecule has 0 fully saturated rings. The molecule has 4 aromatic carbocycles. The Labute approximate surface area is 257 Å². The van der Waals surface area contributed by atoms with Gasteiger partial charge in [-0.3, -0.25) is 15.4 Å². The number of ether oxygens (including phenoxy) is 3. The van der Waals surface area contributed by atoms with Crippen LogP contribution in [0.5, 0.6) is 23.0 Å². The van der Waals surface area contributed by atoms with E-state index in [0.29, 0.717) is 48.0 Å². The first-order chi connectivity index (χ1) is 21.7. The van der Waals surface area contributed by atoms with Gasteiger partial charge in [0.2, 0.25) is 0 Å². The van der Waals surface area contributed by atoms with Gasteiger partial charge in [0.1, 0.15) is 30.5 Å². The zero-order chi connectivity index (χ0) is 32.2. The number of aromatic carboxylic acids is 1. The molecular weight excluding hydrogens is 590 g/mol. The van der Waals surface area contributed by atoms with E-state index in [1.165, 1.54) is 30.3 Å². The summed E-state index contributed by atoms with van der Waals surface area (Å²) < 4.78 is 16.8. The molecule has 0 aromatic heterocycles. The molecule has 0 saturated heterocycles. The fourth-order valence-electron chi connectivity index (χ4n) is 4.04. The van der Waals surface area contributed by atoms with Crippen molar-refractivity contribution in [3.8, 4) is 23.0 Å². The number of benzene rings is 4. The van der Waals surface area contributed by atoms with Crippen LogP contribution >= 0.6 is 0 Å². The number of nitrogens with zero attached hydrogens (tertiary/aromatic N) is 1. The normalized spacial score (nSPS) is 10.6. The zero-order valence-electron chi connectivity index (χ0n) is 24.0. The number of nitro benzene ring substituents is 1. The molecule has 4 aromatic rings. The van der Waals surface area contributed by atoms with Crippen molar-refractivity contribution in [3.05, 3.63) is 123 Å². The van der Waals surface area contributed by atoms with Gasteiger partial charge in [-0.05, 0) is 84.8 Å². The van der Waals surface area contributed by atoms with Crippen LogP contribution < -0.4 is 19.1 Å². The fourth-order valence-corrected chi connectivity index (χ4v) is 4.04. The monoisotopic (exact) mass is 619 g/mol. The number of rotatable bonds is 16. The lowest BCUT2D eigenvalue weighted by molar-refractivity contribution is -0.385. The highest BCUT2D eigenvalue weighted by Gasteiger charge is 2.19. The van der Waals surface area contributed by atoms with Gasteiger partial charge in [-0.1, -0.05) is 11.6 Å². The molecule has 0 aliphatic rings. The van der Waals surface area contributed by atoms with Gasteiger partial charge >= 0.3 is 11.9 Å². The van der Waals surface area contributed by atoms with Gasteiger partial charge in [0.05, 0.1) is 29.3 Å². The summed E-state index contributed by atoms with van der Waals surface area (Å²) >= 11 is 0. The van der Waals surface area contributed by atoms with Crippen molar-refractivity contribution in [2.45, 2.75) is 26.6 Å². The van der Waals surface area contributed by atoms with Crippen molar-refractivity contribution in [2.75, 3.05) is 13.2 Å². The predicted molar refractivity (Wildman–Crippen MR) is 158 cm³/mol. The summed E-state index contributed by atoms with van der Waals surface area (Å²) in [5.41, 5.74) is 1.38. The summed E-state index contributed by atoms with van der Waals surface area (Å²) in [6.45, 7) is 2.21. The van der Waals surface area contributed by atoms with Gasteiger partial charge in [0, 0.05) is 18.6 Å². The second-order valence-corrected chi connectivity index (χ2v) is 9.57. The summed E-state index contributed by atoms with van der Waals surface area (Å²) in [6.07, 6.45) is 0.576. The molecule has 0 saturated carbocycles. The third-order valence-corrected chi connectivity index (χ3v) is 6.30. The molecule has 0 bridgehead atoms. The second kappa shape index (κ2) is 15.8. The predicted octanol–water partition coefficient (Wildman–Crippen LogP) is 6.17. The summed E-state index contributed by atoms with van der Waals surface area (Å²) in [5, 5.41) is 29.1. The van der Waals surface area contributed by atoms with E-state index in [-0.39, 0.29) is 35.8 Å². The molecule has 0 aliphatic heterocycles. The van der Waals surface area contributed by atoms with Crippen LogP contribution in [0.4, 0.5) is 5.69 Å². The van der Waals surface area contributed by atoms with Crippen molar-refractivity contribution >= 4 is 17.6 Å². The topological polar surface area (TPSA) is 173 Å². The van der Waals surface area contributed by atoms with Crippen LogP contribution in [0, 0.1) is 17.0 Å². The number of nitro groups is 1. The van der Waals surface area contributed by atoms with Crippen LogP contribution in [0.25, 0.3) is 0 Å². The molecule has 13 heteroatoms. The van der Waals surface area contributed by atoms with Crippen molar-refractivity contribution in [3.63, 3.8) is 0 Å². The summed E-state index contributed by atoms with van der Waals surface area (Å²) in [6, 6.07) is 21.6. The summed E-state index contributed by atoms with van der Waals surface area (Å²) in [5.74, 6) is -0.206. The Morgan fingerprint density at radius 3 is 1.98 bits per heavy atom. The van der Waals surface area contributed by atoms with Crippen LogP contribution in [-0.2, 0) is 23.0 Å². The molecule has 13 nitrogen and oxygen atoms in total. The molecule has 0 amide bonds. The zero-order valence-corrected chi connectivity index (χ0v) is 24.0. The standard InChI is InChI=1S/C32H29NO12/c1-21-3-14-29(31(34)35)30(17-21)32(36)44-27-10-6-25(7-11-27)40-15-2-16-41-26-8-12-28(13-9-26)45-43-20-23-18-24(33(37)38)5-4-22(23)19-42-39/h3-14,17-18,39H,2,15-16,19-20H2,1H3,(H,34,35). The number of hydrogen-bond donors (Lipinski definition) is 2. The Hall–Kier alpha value is -5.50. The summed E-state index contributed by atoms with van der Waals surface area (Å²) in [4.78, 5) is 49.1. The van der Waals surface area contributed by atoms with Crippen LogP contribution in [-0.4, -0.2) is 40.4 Å². The van der Waals surface area contributed by atoms with Crippen molar-refractivity contribution in [1.82, 2.24) is 0 Å². The van der Waals surface area contributed by atoms with E-state index >= 15 is 0 Å². The first-order valence-electron chi connectivity index (χ1n) is 13.6. The smallest absolute Gasteiger partial charge is 0.344 e. The molecule has 0 heterocycles. The molecular formula is C32H29NO12. The van der Waals surface area contributed by atoms with Crippen LogP contribution in [0.2, 0.25) is 0 Å². The third kappa shape index (κ3) is 9.49. The van der Waals surface area contributed by atoms with E-state index in [4.69, 9.17) is 29.2 Å². The van der Waals surface area contributed by atoms with Gasteiger partial charge < -0.3 is 24.2 Å². The number of carbonyl (C=O) groups excluding carboxylic acids is 1. The number of esters is 1. The fraction of sp³-hybridized carbons (Fsp3) is 0.188. The number of carboxylic acid groups (broad SMARTS) is 1. The highest BCUT2D eigenvalue weighted by Crippen LogP contribution is 2.23. The average molecular weight is 620 g/mol. The van der Waals surface area contributed by atoms with E-state index in [2.05, 4.69) is 4.89 Å². The number of aryl methyl sites for hydroxylation is 1. The highest BCUT2D eigenvalue weighted by molar-refractivity contribution is 6.03. The minimum absolute atomic E-state index is 0.0271. The lowest BCUT2D eigenvalue weighted by atomic mass is 10.0. The van der Waals surface area contributed by atoms with Gasteiger partial charge in [-0.25, -0.2) is 14.5 Å². The lowest BCUT2D eigenvalue weighted by Crippen LogP contribution is -2.14. The molecule has 4 rings (SSSR count). The summed E-state index contributed by atoms with van der Waals surface area (Å²) in [7, 11) is 0. The Balaban J connectivity index is 1.16. The maximum atomic E-state index is 12.5. The van der Waals surface area contributed by atoms with Crippen molar-refractivity contribution < 1.29 is 53.7 Å². The van der Waals surface area contributed by atoms with Crippen molar-refractivity contribution in [2.24, 2.45) is 0 Å². The lowest BCUT2D eigenvalue weighted by Gasteiger charge is -2.11.